The van der Waals surface area contributed by atoms with Crippen LogP contribution in [0.15, 0.2) is 29.2 Å². The van der Waals surface area contributed by atoms with E-state index in [4.69, 9.17) is 4.74 Å². The lowest BCUT2D eigenvalue weighted by atomic mass is 9.97. The number of carbonyl (C=O) groups excluding carboxylic acids is 1. The SMILES string of the molecule is COc1ccccc1S(=O)(=O)N1CCC(C(=O)NCC(F)(F)F)CC1. The van der Waals surface area contributed by atoms with Gasteiger partial charge in [-0.1, -0.05) is 12.1 Å². The maximum absolute atomic E-state index is 12.7. The van der Waals surface area contributed by atoms with Crippen molar-refractivity contribution in [2.45, 2.75) is 23.9 Å². The second kappa shape index (κ2) is 7.61. The molecule has 2 rings (SSSR count). The summed E-state index contributed by atoms with van der Waals surface area (Å²) in [5, 5.41) is 1.84. The van der Waals surface area contributed by atoms with Crippen molar-refractivity contribution in [2.24, 2.45) is 5.92 Å². The van der Waals surface area contributed by atoms with Gasteiger partial charge in [0.15, 0.2) is 0 Å². The fraction of sp³-hybridized carbons (Fsp3) is 0.533. The number of rotatable bonds is 5. The number of hydrogen-bond donors (Lipinski definition) is 1. The number of methoxy groups -OCH3 is 1. The van der Waals surface area contributed by atoms with E-state index in [0.717, 1.165) is 0 Å². The van der Waals surface area contributed by atoms with E-state index in [2.05, 4.69) is 0 Å². The Morgan fingerprint density at radius 3 is 2.44 bits per heavy atom. The zero-order valence-electron chi connectivity index (χ0n) is 13.5. The second-order valence-electron chi connectivity index (χ2n) is 5.66. The smallest absolute Gasteiger partial charge is 0.405 e. The molecule has 1 aliphatic heterocycles. The molecule has 0 unspecified atom stereocenters. The highest BCUT2D eigenvalue weighted by Gasteiger charge is 2.35. The molecule has 0 aliphatic carbocycles. The Balaban J connectivity index is 2.00. The van der Waals surface area contributed by atoms with Gasteiger partial charge in [-0.25, -0.2) is 8.42 Å². The molecule has 1 fully saturated rings. The minimum absolute atomic E-state index is 0.0254. The molecule has 6 nitrogen and oxygen atoms in total. The van der Waals surface area contributed by atoms with Gasteiger partial charge in [-0.15, -0.1) is 0 Å². The molecule has 0 radical (unpaired) electrons. The molecule has 0 saturated carbocycles. The first-order valence-electron chi connectivity index (χ1n) is 7.63. The van der Waals surface area contributed by atoms with Crippen LogP contribution >= 0.6 is 0 Å². The van der Waals surface area contributed by atoms with Crippen LogP contribution in [0.1, 0.15) is 12.8 Å². The largest absolute Gasteiger partial charge is 0.495 e. The van der Waals surface area contributed by atoms with Gasteiger partial charge in [0.25, 0.3) is 0 Å². The van der Waals surface area contributed by atoms with Crippen molar-refractivity contribution < 1.29 is 31.1 Å². The number of alkyl halides is 3. The summed E-state index contributed by atoms with van der Waals surface area (Å²) in [6, 6.07) is 6.18. The summed E-state index contributed by atoms with van der Waals surface area (Å²) < 4.78 is 68.1. The van der Waals surface area contributed by atoms with Crippen LogP contribution in [0.25, 0.3) is 0 Å². The Morgan fingerprint density at radius 2 is 1.88 bits per heavy atom. The first-order valence-corrected chi connectivity index (χ1v) is 9.07. The van der Waals surface area contributed by atoms with Gasteiger partial charge in [0.1, 0.15) is 17.2 Å². The van der Waals surface area contributed by atoms with E-state index >= 15 is 0 Å². The molecule has 1 N–H and O–H groups in total. The quantitative estimate of drug-likeness (QED) is 0.845. The lowest BCUT2D eigenvalue weighted by molar-refractivity contribution is -0.141. The first-order chi connectivity index (χ1) is 11.6. The summed E-state index contributed by atoms with van der Waals surface area (Å²) >= 11 is 0. The number of ether oxygens (including phenoxy) is 1. The predicted octanol–water partition coefficient (Wildman–Crippen LogP) is 1.77. The molecule has 1 heterocycles. The Bertz CT molecular complexity index is 714. The third kappa shape index (κ3) is 4.85. The Hall–Kier alpha value is -1.81. The normalized spacial score (nSPS) is 17.3. The van der Waals surface area contributed by atoms with Crippen LogP contribution in [0, 0.1) is 5.92 Å². The van der Waals surface area contributed by atoms with Crippen molar-refractivity contribution in [3.05, 3.63) is 24.3 Å². The predicted molar refractivity (Wildman–Crippen MR) is 83.5 cm³/mol. The van der Waals surface area contributed by atoms with Crippen LogP contribution < -0.4 is 10.1 Å². The average Bonchev–Trinajstić information content (AvgIpc) is 2.59. The maximum Gasteiger partial charge on any atom is 0.405 e. The first kappa shape index (κ1) is 19.5. The maximum atomic E-state index is 12.7. The monoisotopic (exact) mass is 380 g/mol. The summed E-state index contributed by atoms with van der Waals surface area (Å²) in [5.41, 5.74) is 0. The van der Waals surface area contributed by atoms with E-state index in [1.54, 1.807) is 12.1 Å². The number of carbonyl (C=O) groups is 1. The summed E-state index contributed by atoms with van der Waals surface area (Å²) in [6.45, 7) is -1.26. The molecule has 1 aliphatic rings. The van der Waals surface area contributed by atoms with Crippen LogP contribution in [-0.2, 0) is 14.8 Å². The van der Waals surface area contributed by atoms with Gasteiger partial charge in [0, 0.05) is 19.0 Å². The number of hydrogen-bond acceptors (Lipinski definition) is 4. The van der Waals surface area contributed by atoms with E-state index in [0.29, 0.717) is 0 Å². The topological polar surface area (TPSA) is 75.7 Å². The molecular weight excluding hydrogens is 361 g/mol. The molecule has 0 bridgehead atoms. The van der Waals surface area contributed by atoms with Crippen molar-refractivity contribution in [3.8, 4) is 5.75 Å². The van der Waals surface area contributed by atoms with Crippen molar-refractivity contribution in [1.82, 2.24) is 9.62 Å². The second-order valence-corrected chi connectivity index (χ2v) is 7.57. The zero-order valence-corrected chi connectivity index (χ0v) is 14.4. The minimum Gasteiger partial charge on any atom is -0.495 e. The van der Waals surface area contributed by atoms with Gasteiger partial charge in [-0.2, -0.15) is 17.5 Å². The number of nitrogens with one attached hydrogen (secondary N) is 1. The number of para-hydroxylation sites is 1. The highest BCUT2D eigenvalue weighted by atomic mass is 32.2. The molecule has 0 aromatic heterocycles. The van der Waals surface area contributed by atoms with Gasteiger partial charge < -0.3 is 10.1 Å². The Kier molecular flexibility index (Phi) is 5.94. The van der Waals surface area contributed by atoms with Crippen molar-refractivity contribution in [2.75, 3.05) is 26.7 Å². The highest BCUT2D eigenvalue weighted by Crippen LogP contribution is 2.29. The molecule has 0 spiro atoms. The van der Waals surface area contributed by atoms with E-state index in [9.17, 15) is 26.4 Å². The van der Waals surface area contributed by atoms with Crippen LogP contribution in [0.4, 0.5) is 13.2 Å². The van der Waals surface area contributed by atoms with Gasteiger partial charge in [0.2, 0.25) is 15.9 Å². The van der Waals surface area contributed by atoms with Crippen molar-refractivity contribution in [1.29, 1.82) is 0 Å². The van der Waals surface area contributed by atoms with Gasteiger partial charge >= 0.3 is 6.18 Å². The number of benzene rings is 1. The van der Waals surface area contributed by atoms with Gasteiger partial charge in [0.05, 0.1) is 7.11 Å². The standard InChI is InChI=1S/C15H19F3N2O4S/c1-24-12-4-2-3-5-13(12)25(22,23)20-8-6-11(7-9-20)14(21)19-10-15(16,17)18/h2-5,11H,6-10H2,1H3,(H,19,21). The van der Waals surface area contributed by atoms with Crippen LogP contribution in [-0.4, -0.2) is 51.6 Å². The fourth-order valence-electron chi connectivity index (χ4n) is 2.66. The third-order valence-corrected chi connectivity index (χ3v) is 5.91. The zero-order chi connectivity index (χ0) is 18.7. The fourth-order valence-corrected chi connectivity index (χ4v) is 4.29. The molecule has 0 atom stereocenters. The Morgan fingerprint density at radius 1 is 1.28 bits per heavy atom. The number of halogens is 3. The average molecular weight is 380 g/mol. The molecule has 10 heteroatoms. The van der Waals surface area contributed by atoms with Gasteiger partial charge in [-0.3, -0.25) is 4.79 Å². The number of sulfonamides is 1. The summed E-state index contributed by atoms with van der Waals surface area (Å²) in [6.07, 6.45) is -4.14. The van der Waals surface area contributed by atoms with Crippen molar-refractivity contribution in [3.63, 3.8) is 0 Å². The van der Waals surface area contributed by atoms with Crippen molar-refractivity contribution >= 4 is 15.9 Å². The van der Waals surface area contributed by atoms with Crippen LogP contribution in [0.5, 0.6) is 5.75 Å². The van der Waals surface area contributed by atoms with E-state index in [-0.39, 0.29) is 36.6 Å². The van der Waals surface area contributed by atoms with Crippen LogP contribution in [0.2, 0.25) is 0 Å². The number of nitrogens with zero attached hydrogens (tertiary/aromatic N) is 1. The molecule has 1 saturated heterocycles. The molecule has 1 amide bonds. The van der Waals surface area contributed by atoms with Gasteiger partial charge in [-0.05, 0) is 25.0 Å². The third-order valence-electron chi connectivity index (χ3n) is 3.97. The van der Waals surface area contributed by atoms with Crippen LogP contribution in [0.3, 0.4) is 0 Å². The molecule has 25 heavy (non-hydrogen) atoms. The summed E-state index contributed by atoms with van der Waals surface area (Å²) in [5.74, 6) is -1.12. The lowest BCUT2D eigenvalue weighted by Gasteiger charge is -2.30. The summed E-state index contributed by atoms with van der Waals surface area (Å²) in [4.78, 5) is 11.8. The molecule has 1 aromatic rings. The van der Waals surface area contributed by atoms with E-state index < -0.39 is 34.6 Å². The highest BCUT2D eigenvalue weighted by molar-refractivity contribution is 7.89. The minimum atomic E-state index is -4.47. The van der Waals surface area contributed by atoms with E-state index in [1.807, 2.05) is 5.32 Å². The lowest BCUT2D eigenvalue weighted by Crippen LogP contribution is -2.44. The molecular formula is C15H19F3N2O4S. The van der Waals surface area contributed by atoms with E-state index in [1.165, 1.54) is 23.5 Å². The number of amides is 1. The number of piperidine rings is 1. The molecule has 140 valence electrons. The Labute approximate surface area is 144 Å². The summed E-state index contributed by atoms with van der Waals surface area (Å²) in [7, 11) is -2.43. The molecule has 1 aromatic carbocycles.